The highest BCUT2D eigenvalue weighted by Gasteiger charge is 2.61. The number of nitrogens with zero attached hydrogens (tertiary/aromatic N) is 3. The van der Waals surface area contributed by atoms with Crippen LogP contribution in [0.15, 0.2) is 43.5 Å². The first-order chi connectivity index (χ1) is 24.8. The van der Waals surface area contributed by atoms with E-state index in [-0.39, 0.29) is 39.0 Å². The second kappa shape index (κ2) is 15.0. The molecule has 0 aromatic heterocycles. The Balaban J connectivity index is 1.40. The zero-order valence-corrected chi connectivity index (χ0v) is 31.3. The summed E-state index contributed by atoms with van der Waals surface area (Å²) in [4.78, 5) is 84.7. The topological polar surface area (TPSA) is 177 Å². The Morgan fingerprint density at radius 1 is 1.13 bits per heavy atom. The highest BCUT2D eigenvalue weighted by molar-refractivity contribution is 7.90. The van der Waals surface area contributed by atoms with Crippen LogP contribution in [-0.4, -0.2) is 102 Å². The molecule has 288 valence electrons. The normalized spacial score (nSPS) is 24.1. The van der Waals surface area contributed by atoms with Gasteiger partial charge in [-0.25, -0.2) is 17.6 Å². The van der Waals surface area contributed by atoms with Crippen LogP contribution in [0.3, 0.4) is 0 Å². The fourth-order valence-corrected chi connectivity index (χ4v) is 8.48. The van der Waals surface area contributed by atoms with Crippen LogP contribution < -0.4 is 4.72 Å². The summed E-state index contributed by atoms with van der Waals surface area (Å²) in [5.74, 6) is -5.50. The van der Waals surface area contributed by atoms with E-state index in [4.69, 9.17) is 9.47 Å². The number of halogens is 1. The van der Waals surface area contributed by atoms with E-state index in [2.05, 4.69) is 17.9 Å². The van der Waals surface area contributed by atoms with Crippen molar-refractivity contribution in [3.8, 4) is 0 Å². The average Bonchev–Trinajstić information content (AvgIpc) is 3.97. The first-order valence-electron chi connectivity index (χ1n) is 17.6. The van der Waals surface area contributed by atoms with Crippen molar-refractivity contribution in [1.29, 1.82) is 0 Å². The molecule has 2 saturated carbocycles. The summed E-state index contributed by atoms with van der Waals surface area (Å²) in [6.07, 6.45) is 0.697. The quantitative estimate of drug-likeness (QED) is 0.169. The van der Waals surface area contributed by atoms with Crippen molar-refractivity contribution in [2.75, 3.05) is 20.1 Å². The first kappa shape index (κ1) is 39.6. The van der Waals surface area contributed by atoms with Crippen LogP contribution in [0.4, 0.5) is 9.18 Å². The molecule has 2 heterocycles. The molecule has 5 atom stereocenters. The molecule has 1 aromatic carbocycles. The molecule has 2 aliphatic heterocycles. The second-order valence-electron chi connectivity index (χ2n) is 15.4. The maximum atomic E-state index is 14.4. The van der Waals surface area contributed by atoms with Gasteiger partial charge in [0.1, 0.15) is 17.5 Å². The van der Waals surface area contributed by atoms with Gasteiger partial charge in [0, 0.05) is 38.5 Å². The first-order valence-corrected chi connectivity index (χ1v) is 19.2. The lowest BCUT2D eigenvalue weighted by Crippen LogP contribution is -2.48. The number of carbonyl (C=O) groups excluding carboxylic acids is 6. The Morgan fingerprint density at radius 2 is 1.83 bits per heavy atom. The summed E-state index contributed by atoms with van der Waals surface area (Å²) >= 11 is 0. The van der Waals surface area contributed by atoms with E-state index in [0.717, 1.165) is 6.08 Å². The van der Waals surface area contributed by atoms with Gasteiger partial charge in [0.2, 0.25) is 27.7 Å². The van der Waals surface area contributed by atoms with Gasteiger partial charge in [-0.1, -0.05) is 24.8 Å². The molecule has 53 heavy (non-hydrogen) atoms. The number of fused-ring (bicyclic) bond motifs is 1. The minimum Gasteiger partial charge on any atom is -0.460 e. The van der Waals surface area contributed by atoms with Crippen molar-refractivity contribution in [3.63, 3.8) is 0 Å². The summed E-state index contributed by atoms with van der Waals surface area (Å²) in [6.45, 7) is 11.7. The summed E-state index contributed by atoms with van der Waals surface area (Å²) in [6, 6.07) is 3.29. The molecule has 4 amide bonds. The number of hydrogen-bond donors (Lipinski definition) is 1. The van der Waals surface area contributed by atoms with Crippen molar-refractivity contribution in [2.45, 2.75) is 95.4 Å². The van der Waals surface area contributed by atoms with E-state index in [1.807, 2.05) is 0 Å². The predicted octanol–water partition coefficient (Wildman–Crippen LogP) is 3.00. The molecule has 1 N–H and O–H groups in total. The predicted molar refractivity (Wildman–Crippen MR) is 188 cm³/mol. The third-order valence-electron chi connectivity index (χ3n) is 10.2. The lowest BCUT2D eigenvalue weighted by molar-refractivity contribution is -0.159. The van der Waals surface area contributed by atoms with E-state index < -0.39 is 104 Å². The van der Waals surface area contributed by atoms with Crippen molar-refractivity contribution in [3.05, 3.63) is 60.5 Å². The molecule has 3 fully saturated rings. The van der Waals surface area contributed by atoms with Crippen LogP contribution in [0, 0.1) is 23.1 Å². The number of Topliss-reactive ketones (excluding diaryl/α,β-unsaturated/α-hetero) is 1. The summed E-state index contributed by atoms with van der Waals surface area (Å²) in [5.41, 5.74) is -1.32. The van der Waals surface area contributed by atoms with Crippen LogP contribution in [0.2, 0.25) is 0 Å². The summed E-state index contributed by atoms with van der Waals surface area (Å²) in [7, 11) is -2.50. The van der Waals surface area contributed by atoms with Gasteiger partial charge >= 0.3 is 12.1 Å². The number of sulfonamides is 1. The van der Waals surface area contributed by atoms with E-state index in [9.17, 15) is 41.6 Å². The number of benzene rings is 1. The monoisotopic (exact) mass is 758 g/mol. The number of hydrogen-bond acceptors (Lipinski definition) is 10. The van der Waals surface area contributed by atoms with Crippen LogP contribution in [0.25, 0.3) is 0 Å². The Hall–Kier alpha value is -4.60. The van der Waals surface area contributed by atoms with Crippen LogP contribution in [0.5, 0.6) is 0 Å². The molecule has 1 saturated heterocycles. The molecule has 5 rings (SSSR count). The third-order valence-corrected chi connectivity index (χ3v) is 12.0. The molecule has 14 nitrogen and oxygen atoms in total. The lowest BCUT2D eigenvalue weighted by atomic mass is 9.91. The van der Waals surface area contributed by atoms with Crippen LogP contribution >= 0.6 is 0 Å². The molecule has 4 aliphatic rings. The molecular formula is C37H47FN4O10S. The number of allylic oxidation sites excluding steroid dienone is 1. The third kappa shape index (κ3) is 8.96. The van der Waals surface area contributed by atoms with Crippen molar-refractivity contribution in [2.24, 2.45) is 17.3 Å². The number of ketones is 1. The molecule has 0 spiro atoms. The van der Waals surface area contributed by atoms with Gasteiger partial charge in [-0.3, -0.25) is 33.6 Å². The number of esters is 1. The minimum atomic E-state index is -3.93. The summed E-state index contributed by atoms with van der Waals surface area (Å²) in [5, 5.41) is -0.675. The highest BCUT2D eigenvalue weighted by atomic mass is 32.2. The van der Waals surface area contributed by atoms with Gasteiger partial charge in [-0.2, -0.15) is 0 Å². The number of likely N-dealkylation sites (N-methyl/N-ethyl adjacent to an activating group) is 1. The number of rotatable bonds is 14. The summed E-state index contributed by atoms with van der Waals surface area (Å²) < 4.78 is 53.2. The van der Waals surface area contributed by atoms with Gasteiger partial charge in [0.15, 0.2) is 5.78 Å². The van der Waals surface area contributed by atoms with E-state index in [1.165, 1.54) is 33.9 Å². The minimum absolute atomic E-state index is 0.0372. The smallest absolute Gasteiger partial charge is 0.410 e. The van der Waals surface area contributed by atoms with Gasteiger partial charge in [0.25, 0.3) is 0 Å². The molecule has 0 radical (unpaired) electrons. The second-order valence-corrected chi connectivity index (χ2v) is 17.4. The molecule has 0 bridgehead atoms. The SMILES string of the molecule is C=CC(=O)N(C)C[C@H](CC(=O)OC(C)(C)C)C(=O)N1CC(OC(=O)N2Cc3cccc(F)c3C2)C[C@H]1C(=O)C[C@]1(C(=O)NS(=O)(=O)C2CC2)C[C@H]1C=C. The number of carbonyl (C=O) groups is 6. The fourth-order valence-electron chi connectivity index (χ4n) is 7.09. The fraction of sp³-hybridized carbons (Fsp3) is 0.568. The maximum absolute atomic E-state index is 14.4. The van der Waals surface area contributed by atoms with Crippen LogP contribution in [0.1, 0.15) is 70.4 Å². The Labute approximate surface area is 308 Å². The van der Waals surface area contributed by atoms with Gasteiger partial charge in [-0.05, 0) is 63.7 Å². The molecular weight excluding hydrogens is 711 g/mol. The number of likely N-dealkylation sites (tertiary alicyclic amines) is 1. The maximum Gasteiger partial charge on any atom is 0.410 e. The Bertz CT molecular complexity index is 1820. The zero-order chi connectivity index (χ0) is 39.0. The zero-order valence-electron chi connectivity index (χ0n) is 30.5. The number of nitrogens with one attached hydrogen (secondary N) is 1. The van der Waals surface area contributed by atoms with Gasteiger partial charge in [-0.15, -0.1) is 6.58 Å². The average molecular weight is 759 g/mol. The molecule has 2 aliphatic carbocycles. The van der Waals surface area contributed by atoms with Crippen molar-refractivity contribution in [1.82, 2.24) is 19.4 Å². The highest BCUT2D eigenvalue weighted by Crippen LogP contribution is 2.57. The molecule has 16 heteroatoms. The van der Waals surface area contributed by atoms with Gasteiger partial charge < -0.3 is 19.3 Å². The molecule has 1 aromatic rings. The van der Waals surface area contributed by atoms with Crippen LogP contribution in [-0.2, 0) is 56.6 Å². The van der Waals surface area contributed by atoms with Gasteiger partial charge in [0.05, 0.1) is 42.1 Å². The van der Waals surface area contributed by atoms with Crippen molar-refractivity contribution < 1.29 is 51.0 Å². The largest absolute Gasteiger partial charge is 0.460 e. The Kier molecular flexibility index (Phi) is 11.2. The van der Waals surface area contributed by atoms with E-state index in [1.54, 1.807) is 32.9 Å². The molecule has 1 unspecified atom stereocenters. The van der Waals surface area contributed by atoms with E-state index in [0.29, 0.717) is 24.0 Å². The Morgan fingerprint density at radius 3 is 2.42 bits per heavy atom. The van der Waals surface area contributed by atoms with E-state index >= 15 is 0 Å². The standard InChI is InChI=1S/C37H47FN4O10S/c1-7-24-16-37(24,34(47)39-53(49,50)26-12-13-26)17-30(43)29-15-25(51-35(48)41-19-22-10-9-11-28(38)27(22)21-41)20-42(29)33(46)23(18-40(6)31(44)8-2)14-32(45)52-36(3,4)5/h7-11,23-26,29H,1-2,12-21H2,3-6H3,(H,39,47)/t23-,24+,25?,29-,37+/m0/s1. The number of amides is 4. The van der Waals surface area contributed by atoms with Crippen molar-refractivity contribution >= 4 is 45.6 Å². The number of ether oxygens (including phenoxy) is 2. The lowest BCUT2D eigenvalue weighted by Gasteiger charge is -2.31.